The summed E-state index contributed by atoms with van der Waals surface area (Å²) in [5.41, 5.74) is 2.11. The van der Waals surface area contributed by atoms with Crippen LogP contribution in [0.2, 0.25) is 0 Å². The van der Waals surface area contributed by atoms with E-state index in [1.807, 2.05) is 17.7 Å². The van der Waals surface area contributed by atoms with Crippen molar-refractivity contribution < 1.29 is 9.84 Å². The molecule has 0 aliphatic carbocycles. The Labute approximate surface area is 103 Å². The van der Waals surface area contributed by atoms with Crippen molar-refractivity contribution >= 4 is 0 Å². The van der Waals surface area contributed by atoms with Gasteiger partial charge in [-0.25, -0.2) is 0 Å². The Balaban J connectivity index is 2.04. The predicted molar refractivity (Wildman–Crippen MR) is 65.9 cm³/mol. The maximum Gasteiger partial charge on any atom is 0.0864 e. The number of hydrogen-bond acceptors (Lipinski definition) is 3. The molecular weight excluding hydrogens is 216 g/mol. The van der Waals surface area contributed by atoms with Gasteiger partial charge in [0.05, 0.1) is 17.9 Å². The third kappa shape index (κ3) is 2.69. The highest BCUT2D eigenvalue weighted by Gasteiger charge is 2.31. The van der Waals surface area contributed by atoms with Crippen molar-refractivity contribution in [1.29, 1.82) is 0 Å². The Kier molecular flexibility index (Phi) is 3.84. The third-order valence-corrected chi connectivity index (χ3v) is 3.53. The molecule has 1 fully saturated rings. The lowest BCUT2D eigenvalue weighted by Crippen LogP contribution is -2.32. The van der Waals surface area contributed by atoms with Crippen LogP contribution in [0, 0.1) is 12.8 Å². The largest absolute Gasteiger partial charge is 0.390 e. The molecule has 1 aliphatic heterocycles. The summed E-state index contributed by atoms with van der Waals surface area (Å²) in [6.45, 7) is 7.81. The highest BCUT2D eigenvalue weighted by Crippen LogP contribution is 2.24. The molecular formula is C13H22N2O2. The number of aliphatic hydroxyl groups is 1. The van der Waals surface area contributed by atoms with E-state index in [4.69, 9.17) is 4.74 Å². The number of hydrogen-bond donors (Lipinski definition) is 1. The zero-order valence-electron chi connectivity index (χ0n) is 10.9. The molecule has 0 bridgehead atoms. The van der Waals surface area contributed by atoms with Crippen molar-refractivity contribution in [3.8, 4) is 0 Å². The van der Waals surface area contributed by atoms with Crippen LogP contribution in [0.3, 0.4) is 0 Å². The van der Waals surface area contributed by atoms with Gasteiger partial charge >= 0.3 is 0 Å². The SMILES string of the molecule is CCn1nc(C)cc1CC(O)C1OCCC1C. The number of ether oxygens (including phenoxy) is 1. The minimum atomic E-state index is -0.422. The first kappa shape index (κ1) is 12.6. The third-order valence-electron chi connectivity index (χ3n) is 3.53. The molecule has 1 aromatic rings. The van der Waals surface area contributed by atoms with Gasteiger partial charge < -0.3 is 9.84 Å². The van der Waals surface area contributed by atoms with Crippen LogP contribution in [0.4, 0.5) is 0 Å². The molecule has 0 amide bonds. The van der Waals surface area contributed by atoms with Gasteiger partial charge in [-0.1, -0.05) is 6.92 Å². The molecule has 2 rings (SSSR count). The van der Waals surface area contributed by atoms with E-state index in [2.05, 4.69) is 18.9 Å². The van der Waals surface area contributed by atoms with Crippen molar-refractivity contribution in [2.45, 2.75) is 52.4 Å². The minimum Gasteiger partial charge on any atom is -0.390 e. The molecule has 17 heavy (non-hydrogen) atoms. The Morgan fingerprint density at radius 2 is 2.41 bits per heavy atom. The van der Waals surface area contributed by atoms with Gasteiger partial charge in [-0.3, -0.25) is 4.68 Å². The van der Waals surface area contributed by atoms with Crippen molar-refractivity contribution in [2.24, 2.45) is 5.92 Å². The molecule has 0 spiro atoms. The van der Waals surface area contributed by atoms with Gasteiger partial charge in [-0.15, -0.1) is 0 Å². The van der Waals surface area contributed by atoms with Crippen LogP contribution in [0.5, 0.6) is 0 Å². The second-order valence-corrected chi connectivity index (χ2v) is 4.97. The van der Waals surface area contributed by atoms with Crippen LogP contribution in [0.1, 0.15) is 31.7 Å². The average molecular weight is 238 g/mol. The Hall–Kier alpha value is -0.870. The van der Waals surface area contributed by atoms with Gasteiger partial charge in [-0.05, 0) is 32.3 Å². The molecule has 1 N–H and O–H groups in total. The van der Waals surface area contributed by atoms with Crippen molar-refractivity contribution in [2.75, 3.05) is 6.61 Å². The highest BCUT2D eigenvalue weighted by atomic mass is 16.5. The monoisotopic (exact) mass is 238 g/mol. The molecule has 0 aromatic carbocycles. The first-order valence-corrected chi connectivity index (χ1v) is 6.44. The summed E-state index contributed by atoms with van der Waals surface area (Å²) in [5.74, 6) is 0.448. The molecule has 3 unspecified atom stereocenters. The molecule has 2 heterocycles. The summed E-state index contributed by atoms with van der Waals surface area (Å²) in [4.78, 5) is 0. The second-order valence-electron chi connectivity index (χ2n) is 4.97. The van der Waals surface area contributed by atoms with Crippen LogP contribution in [0.25, 0.3) is 0 Å². The summed E-state index contributed by atoms with van der Waals surface area (Å²) in [6, 6.07) is 2.05. The zero-order valence-corrected chi connectivity index (χ0v) is 10.9. The summed E-state index contributed by atoms with van der Waals surface area (Å²) >= 11 is 0. The predicted octanol–water partition coefficient (Wildman–Crippen LogP) is 1.54. The van der Waals surface area contributed by atoms with Gasteiger partial charge in [0, 0.05) is 25.3 Å². The number of aromatic nitrogens is 2. The van der Waals surface area contributed by atoms with Crippen LogP contribution in [-0.2, 0) is 17.7 Å². The summed E-state index contributed by atoms with van der Waals surface area (Å²) < 4.78 is 7.56. The molecule has 96 valence electrons. The Morgan fingerprint density at radius 3 is 3.00 bits per heavy atom. The van der Waals surface area contributed by atoms with Gasteiger partial charge in [-0.2, -0.15) is 5.10 Å². The van der Waals surface area contributed by atoms with Gasteiger partial charge in [0.2, 0.25) is 0 Å². The van der Waals surface area contributed by atoms with Gasteiger partial charge in [0.15, 0.2) is 0 Å². The summed E-state index contributed by atoms with van der Waals surface area (Å²) in [7, 11) is 0. The highest BCUT2D eigenvalue weighted by molar-refractivity contribution is 5.10. The number of rotatable bonds is 4. The van der Waals surface area contributed by atoms with E-state index >= 15 is 0 Å². The average Bonchev–Trinajstić information content (AvgIpc) is 2.84. The normalized spacial score (nSPS) is 26.4. The van der Waals surface area contributed by atoms with Crippen molar-refractivity contribution in [3.63, 3.8) is 0 Å². The van der Waals surface area contributed by atoms with Crippen LogP contribution in [-0.4, -0.2) is 33.7 Å². The van der Waals surface area contributed by atoms with Crippen LogP contribution >= 0.6 is 0 Å². The maximum absolute atomic E-state index is 10.2. The summed E-state index contributed by atoms with van der Waals surface area (Å²) in [5, 5.41) is 14.6. The van der Waals surface area contributed by atoms with E-state index in [1.165, 1.54) is 0 Å². The lowest BCUT2D eigenvalue weighted by Gasteiger charge is -2.21. The molecule has 0 radical (unpaired) electrons. The molecule has 4 heteroatoms. The first-order chi connectivity index (χ1) is 8.11. The van der Waals surface area contributed by atoms with Crippen LogP contribution in [0.15, 0.2) is 6.07 Å². The van der Waals surface area contributed by atoms with E-state index in [0.29, 0.717) is 12.3 Å². The lowest BCUT2D eigenvalue weighted by atomic mass is 9.96. The Morgan fingerprint density at radius 1 is 1.65 bits per heavy atom. The van der Waals surface area contributed by atoms with Crippen molar-refractivity contribution in [1.82, 2.24) is 9.78 Å². The number of aliphatic hydroxyl groups excluding tert-OH is 1. The zero-order chi connectivity index (χ0) is 12.4. The first-order valence-electron chi connectivity index (χ1n) is 6.44. The number of nitrogens with zero attached hydrogens (tertiary/aromatic N) is 2. The Bertz CT molecular complexity index is 375. The molecule has 1 saturated heterocycles. The molecule has 0 saturated carbocycles. The van der Waals surface area contributed by atoms with E-state index in [1.54, 1.807) is 0 Å². The quantitative estimate of drug-likeness (QED) is 0.865. The van der Waals surface area contributed by atoms with E-state index in [-0.39, 0.29) is 6.10 Å². The topological polar surface area (TPSA) is 47.3 Å². The van der Waals surface area contributed by atoms with E-state index in [0.717, 1.165) is 31.0 Å². The maximum atomic E-state index is 10.2. The molecule has 4 nitrogen and oxygen atoms in total. The standard InChI is InChI=1S/C13H22N2O2/c1-4-15-11(7-10(3)14-15)8-12(16)13-9(2)5-6-17-13/h7,9,12-13,16H,4-6,8H2,1-3H3. The fraction of sp³-hybridized carbons (Fsp3) is 0.769. The van der Waals surface area contributed by atoms with Crippen molar-refractivity contribution in [3.05, 3.63) is 17.5 Å². The molecule has 1 aliphatic rings. The van der Waals surface area contributed by atoms with E-state index < -0.39 is 6.10 Å². The number of aryl methyl sites for hydroxylation is 2. The molecule has 3 atom stereocenters. The van der Waals surface area contributed by atoms with Gasteiger partial charge in [0.1, 0.15) is 0 Å². The second kappa shape index (κ2) is 5.19. The van der Waals surface area contributed by atoms with Crippen LogP contribution < -0.4 is 0 Å². The van der Waals surface area contributed by atoms with E-state index in [9.17, 15) is 5.11 Å². The van der Waals surface area contributed by atoms with Gasteiger partial charge in [0.25, 0.3) is 0 Å². The lowest BCUT2D eigenvalue weighted by molar-refractivity contribution is -0.0165. The smallest absolute Gasteiger partial charge is 0.0864 e. The summed E-state index contributed by atoms with van der Waals surface area (Å²) in [6.07, 6.45) is 1.24. The molecule has 1 aromatic heterocycles. The minimum absolute atomic E-state index is 0.0180. The fourth-order valence-corrected chi connectivity index (χ4v) is 2.58. The fourth-order valence-electron chi connectivity index (χ4n) is 2.58.